The summed E-state index contributed by atoms with van der Waals surface area (Å²) in [6.45, 7) is -0.318. The maximum atomic E-state index is 10.3. The first-order chi connectivity index (χ1) is 4.72. The third kappa shape index (κ3) is 1.84. The largest absolute Gasteiger partial charge is 0.232 e. The number of aromatic nitrogens is 1. The predicted octanol–water partition coefficient (Wildman–Crippen LogP) is 2.32. The second-order valence-corrected chi connectivity index (χ2v) is 2.54. The molecule has 0 spiro atoms. The predicted molar refractivity (Wildman–Crippen MR) is 38.6 cm³/mol. The molecule has 0 aliphatic rings. The van der Waals surface area contributed by atoms with E-state index in [9.17, 15) is 5.11 Å². The maximum Gasteiger partial charge on any atom is 0.131 e. The minimum absolute atomic E-state index is 0.262. The molecule has 0 unspecified atom stereocenters. The second-order valence-electron chi connectivity index (χ2n) is 1.77. The molecule has 0 bridgehead atoms. The number of hydrogen-bond acceptors (Lipinski definition) is 1. The highest BCUT2D eigenvalue weighted by molar-refractivity contribution is 6.32. The molecule has 2 nitrogen and oxygen atoms in total. The van der Waals surface area contributed by atoms with E-state index in [0.717, 1.165) is 0 Å². The van der Waals surface area contributed by atoms with Crippen LogP contribution in [0, 0.1) is 0 Å². The topological polar surface area (TPSA) is 32.8 Å². The van der Waals surface area contributed by atoms with Gasteiger partial charge in [-0.05, 0) is 17.7 Å². The summed E-state index contributed by atoms with van der Waals surface area (Å²) in [5, 5.41) is 10.8. The van der Waals surface area contributed by atoms with Crippen molar-refractivity contribution in [3.63, 3.8) is 0 Å². The minimum atomic E-state index is -0.318. The Balaban J connectivity index is 3.06. The van der Waals surface area contributed by atoms with Gasteiger partial charge in [0.1, 0.15) is 16.9 Å². The molecule has 1 aromatic heterocycles. The van der Waals surface area contributed by atoms with Gasteiger partial charge in [-0.15, -0.1) is 0 Å². The smallest absolute Gasteiger partial charge is 0.131 e. The molecule has 1 radical (unpaired) electrons. The van der Waals surface area contributed by atoms with Gasteiger partial charge >= 0.3 is 0 Å². The van der Waals surface area contributed by atoms with Crippen molar-refractivity contribution in [1.29, 1.82) is 0 Å². The van der Waals surface area contributed by atoms with Crippen LogP contribution in [0.1, 0.15) is 5.56 Å². The lowest BCUT2D eigenvalue weighted by atomic mass is 10.3. The van der Waals surface area contributed by atoms with E-state index in [4.69, 9.17) is 23.2 Å². The van der Waals surface area contributed by atoms with Gasteiger partial charge in [0.2, 0.25) is 0 Å². The van der Waals surface area contributed by atoms with E-state index >= 15 is 0 Å². The molecule has 1 aromatic rings. The lowest BCUT2D eigenvalue weighted by molar-refractivity contribution is 0.177. The van der Waals surface area contributed by atoms with Gasteiger partial charge in [-0.3, -0.25) is 0 Å². The summed E-state index contributed by atoms with van der Waals surface area (Å²) in [5.41, 5.74) is 0.560. The van der Waals surface area contributed by atoms with Gasteiger partial charge in [0.15, 0.2) is 0 Å². The van der Waals surface area contributed by atoms with Gasteiger partial charge in [-0.25, -0.2) is 10.1 Å². The first-order valence-electron chi connectivity index (χ1n) is 2.62. The first-order valence-corrected chi connectivity index (χ1v) is 3.38. The molecule has 0 saturated carbocycles. The van der Waals surface area contributed by atoms with E-state index in [1.165, 1.54) is 12.1 Å². The number of nitrogens with zero attached hydrogens (tertiary/aromatic N) is 1. The summed E-state index contributed by atoms with van der Waals surface area (Å²) in [6, 6.07) is 3.00. The molecular formula is C6H4Cl2NO. The zero-order valence-corrected chi connectivity index (χ0v) is 6.49. The van der Waals surface area contributed by atoms with Crippen molar-refractivity contribution in [2.45, 2.75) is 6.61 Å². The van der Waals surface area contributed by atoms with Crippen molar-refractivity contribution < 1.29 is 5.11 Å². The van der Waals surface area contributed by atoms with Crippen molar-refractivity contribution in [3.8, 4) is 0 Å². The summed E-state index contributed by atoms with van der Waals surface area (Å²) in [4.78, 5) is 3.67. The van der Waals surface area contributed by atoms with E-state index in [2.05, 4.69) is 4.98 Å². The van der Waals surface area contributed by atoms with Crippen LogP contribution in [0.5, 0.6) is 0 Å². The van der Waals surface area contributed by atoms with Gasteiger partial charge in [0, 0.05) is 0 Å². The summed E-state index contributed by atoms with van der Waals surface area (Å²) in [7, 11) is 0. The van der Waals surface area contributed by atoms with E-state index in [1.807, 2.05) is 0 Å². The molecular weight excluding hydrogens is 173 g/mol. The molecule has 53 valence electrons. The molecule has 0 aromatic carbocycles. The van der Waals surface area contributed by atoms with Crippen LogP contribution in [0.2, 0.25) is 10.3 Å². The Bertz CT molecular complexity index is 219. The number of rotatable bonds is 1. The van der Waals surface area contributed by atoms with E-state index in [1.54, 1.807) is 0 Å². The molecule has 10 heavy (non-hydrogen) atoms. The zero-order chi connectivity index (χ0) is 7.56. The van der Waals surface area contributed by atoms with Gasteiger partial charge in [-0.1, -0.05) is 23.2 Å². The summed E-state index contributed by atoms with van der Waals surface area (Å²) >= 11 is 11.0. The third-order valence-electron chi connectivity index (χ3n) is 0.989. The highest BCUT2D eigenvalue weighted by Gasteiger charge is 1.97. The second kappa shape index (κ2) is 3.19. The molecule has 0 N–H and O–H groups in total. The third-order valence-corrected chi connectivity index (χ3v) is 1.38. The molecule has 1 heterocycles. The molecule has 4 heteroatoms. The Morgan fingerprint density at radius 1 is 1.30 bits per heavy atom. The van der Waals surface area contributed by atoms with Crippen LogP contribution in [0.25, 0.3) is 0 Å². The fourth-order valence-corrected chi connectivity index (χ4v) is 1.10. The Labute approximate surface area is 68.4 Å². The Morgan fingerprint density at radius 2 is 1.80 bits per heavy atom. The van der Waals surface area contributed by atoms with Crippen molar-refractivity contribution >= 4 is 23.2 Å². The van der Waals surface area contributed by atoms with Crippen LogP contribution >= 0.6 is 23.2 Å². The quantitative estimate of drug-likeness (QED) is 0.605. The van der Waals surface area contributed by atoms with Crippen LogP contribution in [0.3, 0.4) is 0 Å². The van der Waals surface area contributed by atoms with E-state index in [0.29, 0.717) is 5.56 Å². The monoisotopic (exact) mass is 176 g/mol. The maximum absolute atomic E-state index is 10.3. The SMILES string of the molecule is [O]Cc1cc(Cl)nc(Cl)c1. The van der Waals surface area contributed by atoms with Crippen LogP contribution in [0.15, 0.2) is 12.1 Å². The van der Waals surface area contributed by atoms with Crippen LogP contribution in [-0.2, 0) is 11.7 Å². The lowest BCUT2D eigenvalue weighted by Crippen LogP contribution is -1.84. The van der Waals surface area contributed by atoms with Crippen LogP contribution in [0.4, 0.5) is 0 Å². The summed E-state index contributed by atoms with van der Waals surface area (Å²) in [6.07, 6.45) is 0. The summed E-state index contributed by atoms with van der Waals surface area (Å²) in [5.74, 6) is 0. The van der Waals surface area contributed by atoms with Gasteiger partial charge in [-0.2, -0.15) is 0 Å². The molecule has 0 aliphatic carbocycles. The van der Waals surface area contributed by atoms with Crippen LogP contribution in [-0.4, -0.2) is 4.98 Å². The van der Waals surface area contributed by atoms with E-state index < -0.39 is 0 Å². The van der Waals surface area contributed by atoms with Crippen molar-refractivity contribution in [2.24, 2.45) is 0 Å². The van der Waals surface area contributed by atoms with E-state index in [-0.39, 0.29) is 16.9 Å². The molecule has 0 atom stereocenters. The normalized spacial score (nSPS) is 9.90. The number of pyridine rings is 1. The molecule has 1 rings (SSSR count). The van der Waals surface area contributed by atoms with Gasteiger partial charge < -0.3 is 0 Å². The Kier molecular flexibility index (Phi) is 2.49. The summed E-state index contributed by atoms with van der Waals surface area (Å²) < 4.78 is 0. The average molecular weight is 177 g/mol. The van der Waals surface area contributed by atoms with Crippen molar-refractivity contribution in [3.05, 3.63) is 28.0 Å². The molecule has 0 amide bonds. The lowest BCUT2D eigenvalue weighted by Gasteiger charge is -1.94. The van der Waals surface area contributed by atoms with Crippen molar-refractivity contribution in [1.82, 2.24) is 4.98 Å². The zero-order valence-electron chi connectivity index (χ0n) is 4.97. The van der Waals surface area contributed by atoms with Gasteiger partial charge in [0.25, 0.3) is 0 Å². The first kappa shape index (κ1) is 7.79. The fourth-order valence-electron chi connectivity index (χ4n) is 0.598. The highest BCUT2D eigenvalue weighted by Crippen LogP contribution is 2.14. The molecule has 0 aliphatic heterocycles. The highest BCUT2D eigenvalue weighted by atomic mass is 35.5. The van der Waals surface area contributed by atoms with Crippen LogP contribution < -0.4 is 0 Å². The molecule has 0 saturated heterocycles. The van der Waals surface area contributed by atoms with Gasteiger partial charge in [0.05, 0.1) is 0 Å². The molecule has 0 fully saturated rings. The number of hydrogen-bond donors (Lipinski definition) is 0. The Hall–Kier alpha value is -0.310. The van der Waals surface area contributed by atoms with Crippen molar-refractivity contribution in [2.75, 3.05) is 0 Å². The standard InChI is InChI=1S/C6H4Cl2NO/c7-5-1-4(3-10)2-6(8)9-5/h1-2H,3H2. The Morgan fingerprint density at radius 3 is 2.20 bits per heavy atom. The fraction of sp³-hybridized carbons (Fsp3) is 0.167. The average Bonchev–Trinajstić information content (AvgIpc) is 1.85. The minimum Gasteiger partial charge on any atom is -0.232 e. The number of halogens is 2.